The summed E-state index contributed by atoms with van der Waals surface area (Å²) < 4.78 is 0. The first-order valence-electron chi connectivity index (χ1n) is 16.6. The molecule has 2 rings (SSSR count). The highest BCUT2D eigenvalue weighted by Gasteiger charge is 2.42. The number of carbonyl (C=O) groups excluding carboxylic acids is 5. The summed E-state index contributed by atoms with van der Waals surface area (Å²) >= 11 is 0. The van der Waals surface area contributed by atoms with Crippen LogP contribution in [0.25, 0.3) is 0 Å². The van der Waals surface area contributed by atoms with Crippen molar-refractivity contribution >= 4 is 29.5 Å². The molecule has 2 aliphatic rings. The second kappa shape index (κ2) is 22.4. The summed E-state index contributed by atoms with van der Waals surface area (Å²) in [5, 5.41) is 11.1. The maximum Gasteiger partial charge on any atom is 0.315 e. The highest BCUT2D eigenvalue weighted by molar-refractivity contribution is 6.38. The number of amides is 5. The van der Waals surface area contributed by atoms with Gasteiger partial charge in [0.2, 0.25) is 17.6 Å². The number of allylic oxidation sites excluding steroid dienone is 1. The van der Waals surface area contributed by atoms with Crippen LogP contribution < -0.4 is 21.3 Å². The van der Waals surface area contributed by atoms with Gasteiger partial charge in [-0.3, -0.25) is 19.2 Å². The average molecular weight is 620 g/mol. The first-order chi connectivity index (χ1) is 20.9. The van der Waals surface area contributed by atoms with E-state index in [-0.39, 0.29) is 24.8 Å². The Balaban J connectivity index is 0.00000347. The summed E-state index contributed by atoms with van der Waals surface area (Å²) in [6, 6.07) is -2.96. The topological polar surface area (TPSA) is 137 Å². The van der Waals surface area contributed by atoms with Gasteiger partial charge in [0.1, 0.15) is 12.1 Å². The second-order valence-electron chi connectivity index (χ2n) is 12.2. The zero-order valence-electron chi connectivity index (χ0n) is 28.6. The number of ketones is 1. The van der Waals surface area contributed by atoms with Crippen LogP contribution in [0.5, 0.6) is 0 Å². The molecule has 1 saturated carbocycles. The minimum atomic E-state index is -1.03. The summed E-state index contributed by atoms with van der Waals surface area (Å²) in [4.78, 5) is 66.8. The summed E-state index contributed by atoms with van der Waals surface area (Å²) in [6.07, 6.45) is 11.5. The maximum atomic E-state index is 13.9. The number of carbonyl (C=O) groups is 5. The summed E-state index contributed by atoms with van der Waals surface area (Å²) in [7, 11) is 0. The fourth-order valence-electron chi connectivity index (χ4n) is 5.20. The Morgan fingerprint density at radius 2 is 1.48 bits per heavy atom. The van der Waals surface area contributed by atoms with Gasteiger partial charge in [-0.1, -0.05) is 65.5 Å². The Kier molecular flexibility index (Phi) is 20.7. The molecule has 44 heavy (non-hydrogen) atoms. The van der Waals surface area contributed by atoms with Crippen molar-refractivity contribution in [3.05, 3.63) is 25.3 Å². The quantitative estimate of drug-likeness (QED) is 0.128. The van der Waals surface area contributed by atoms with E-state index in [1.54, 1.807) is 12.2 Å². The van der Waals surface area contributed by atoms with Crippen molar-refractivity contribution < 1.29 is 24.0 Å². The van der Waals surface area contributed by atoms with Crippen LogP contribution >= 0.6 is 0 Å². The molecule has 10 heteroatoms. The standard InChI is InChI=1S/C29H47N5O5.C3H8.C2H6/c1-6-8-16-21(24(35)26(37)30-18-9-7-2)31-25(36)22-17-13-19-34(22)27(38)23(20-14-11-10-12-15-20)32-28(39)33-29(3,4)5;1-3-2;1-2/h6-7,20-23H,1-2,8-19H2,3-5H3,(H,30,37)(H,31,36)(H2,32,33,39);3H2,1-2H3;1-2H3. The molecular formula is C34H61N5O5. The molecule has 1 aliphatic carbocycles. The molecule has 252 valence electrons. The monoisotopic (exact) mass is 619 g/mol. The van der Waals surface area contributed by atoms with E-state index in [1.165, 1.54) is 11.3 Å². The van der Waals surface area contributed by atoms with Crippen molar-refractivity contribution in [2.45, 2.75) is 143 Å². The van der Waals surface area contributed by atoms with Gasteiger partial charge in [0.25, 0.3) is 5.91 Å². The lowest BCUT2D eigenvalue weighted by Gasteiger charge is -2.35. The fourth-order valence-corrected chi connectivity index (χ4v) is 5.20. The van der Waals surface area contributed by atoms with E-state index in [1.807, 2.05) is 34.6 Å². The van der Waals surface area contributed by atoms with Crippen LogP contribution in [-0.4, -0.2) is 71.2 Å². The molecule has 5 amide bonds. The minimum absolute atomic E-state index is 0.0116. The fraction of sp³-hybridized carbons (Fsp3) is 0.735. The lowest BCUT2D eigenvalue weighted by Crippen LogP contribution is -2.60. The normalized spacial score (nSPS) is 17.7. The number of nitrogens with one attached hydrogen (secondary N) is 4. The molecule has 3 unspecified atom stereocenters. The van der Waals surface area contributed by atoms with Crippen LogP contribution in [0.3, 0.4) is 0 Å². The van der Waals surface area contributed by atoms with Crippen molar-refractivity contribution in [3.8, 4) is 0 Å². The molecule has 0 bridgehead atoms. The third-order valence-corrected chi connectivity index (χ3v) is 7.15. The summed E-state index contributed by atoms with van der Waals surface area (Å²) in [6.45, 7) is 21.8. The van der Waals surface area contributed by atoms with Gasteiger partial charge in [0.05, 0.1) is 6.04 Å². The van der Waals surface area contributed by atoms with Crippen molar-refractivity contribution in [2.24, 2.45) is 5.92 Å². The van der Waals surface area contributed by atoms with Crippen molar-refractivity contribution in [3.63, 3.8) is 0 Å². The lowest BCUT2D eigenvalue weighted by molar-refractivity contribution is -0.143. The first-order valence-corrected chi connectivity index (χ1v) is 16.6. The molecule has 1 heterocycles. The summed E-state index contributed by atoms with van der Waals surface area (Å²) in [5.41, 5.74) is -0.467. The Morgan fingerprint density at radius 1 is 0.886 bits per heavy atom. The molecule has 10 nitrogen and oxygen atoms in total. The molecule has 0 aromatic heterocycles. The van der Waals surface area contributed by atoms with Crippen LogP contribution in [0.2, 0.25) is 0 Å². The molecule has 4 N–H and O–H groups in total. The van der Waals surface area contributed by atoms with E-state index in [0.29, 0.717) is 32.2 Å². The van der Waals surface area contributed by atoms with Gasteiger partial charge < -0.3 is 26.2 Å². The third kappa shape index (κ3) is 15.0. The van der Waals surface area contributed by atoms with E-state index in [9.17, 15) is 24.0 Å². The number of urea groups is 1. The van der Waals surface area contributed by atoms with Crippen LogP contribution in [0.15, 0.2) is 25.3 Å². The van der Waals surface area contributed by atoms with Crippen molar-refractivity contribution in [1.29, 1.82) is 0 Å². The van der Waals surface area contributed by atoms with Crippen LogP contribution in [0.4, 0.5) is 4.79 Å². The van der Waals surface area contributed by atoms with Gasteiger partial charge in [-0.25, -0.2) is 4.79 Å². The Hall–Kier alpha value is -3.17. The highest BCUT2D eigenvalue weighted by Crippen LogP contribution is 2.29. The molecule has 2 fully saturated rings. The second-order valence-corrected chi connectivity index (χ2v) is 12.2. The van der Waals surface area contributed by atoms with Gasteiger partial charge in [-0.2, -0.15) is 0 Å². The van der Waals surface area contributed by atoms with Gasteiger partial charge in [0, 0.05) is 18.6 Å². The minimum Gasteiger partial charge on any atom is -0.349 e. The van der Waals surface area contributed by atoms with Gasteiger partial charge in [0.15, 0.2) is 0 Å². The van der Waals surface area contributed by atoms with Gasteiger partial charge in [-0.15, -0.1) is 13.2 Å². The smallest absolute Gasteiger partial charge is 0.315 e. The number of nitrogens with zero attached hydrogens (tertiary/aromatic N) is 1. The SMILES string of the molecule is C=CCCNC(=O)C(=O)C(CCC=C)NC(=O)C1CCCN1C(=O)C(NC(=O)NC(C)(C)C)C1CCCCC1.CC.CCC. The van der Waals surface area contributed by atoms with Crippen LogP contribution in [0, 0.1) is 5.92 Å². The number of Topliss-reactive ketones (excluding diaryl/α,β-unsaturated/α-hetero) is 1. The maximum absolute atomic E-state index is 13.9. The predicted molar refractivity (Wildman–Crippen MR) is 178 cm³/mol. The predicted octanol–water partition coefficient (Wildman–Crippen LogP) is 5.18. The summed E-state index contributed by atoms with van der Waals surface area (Å²) in [5.74, 6) is -2.26. The number of hydrogen-bond donors (Lipinski definition) is 4. The highest BCUT2D eigenvalue weighted by atomic mass is 16.2. The number of rotatable bonds is 13. The van der Waals surface area contributed by atoms with E-state index in [2.05, 4.69) is 48.3 Å². The Morgan fingerprint density at radius 3 is 2.02 bits per heavy atom. The van der Waals surface area contributed by atoms with E-state index in [4.69, 9.17) is 0 Å². The molecule has 3 atom stereocenters. The molecule has 0 radical (unpaired) electrons. The van der Waals surface area contributed by atoms with Gasteiger partial charge in [-0.05, 0) is 71.6 Å². The molecule has 1 aliphatic heterocycles. The molecule has 1 saturated heterocycles. The van der Waals surface area contributed by atoms with Crippen LogP contribution in [0.1, 0.15) is 119 Å². The molecular weight excluding hydrogens is 558 g/mol. The number of hydrogen-bond acceptors (Lipinski definition) is 5. The average Bonchev–Trinajstić information content (AvgIpc) is 3.49. The Bertz CT molecular complexity index is 924. The first kappa shape index (κ1) is 40.8. The molecule has 0 aromatic rings. The molecule has 0 spiro atoms. The zero-order valence-corrected chi connectivity index (χ0v) is 28.6. The third-order valence-electron chi connectivity index (χ3n) is 7.15. The van der Waals surface area contributed by atoms with E-state index >= 15 is 0 Å². The van der Waals surface area contributed by atoms with Crippen molar-refractivity contribution in [2.75, 3.05) is 13.1 Å². The van der Waals surface area contributed by atoms with E-state index in [0.717, 1.165) is 32.1 Å². The van der Waals surface area contributed by atoms with E-state index < -0.39 is 47.3 Å². The van der Waals surface area contributed by atoms with Gasteiger partial charge >= 0.3 is 6.03 Å². The largest absolute Gasteiger partial charge is 0.349 e. The zero-order chi connectivity index (χ0) is 33.7. The molecule has 0 aromatic carbocycles. The van der Waals surface area contributed by atoms with Crippen molar-refractivity contribution in [1.82, 2.24) is 26.2 Å². The lowest BCUT2D eigenvalue weighted by atomic mass is 9.83. The number of likely N-dealkylation sites (tertiary alicyclic amines) is 1. The Labute approximate surface area is 266 Å². The van der Waals surface area contributed by atoms with Crippen LogP contribution in [-0.2, 0) is 19.2 Å².